The number of hydrogen-bond acceptors (Lipinski definition) is 1. The molecule has 1 aromatic rings. The van der Waals surface area contributed by atoms with E-state index in [1.807, 2.05) is 13.0 Å². The molecular formula is C12H14FN. The quantitative estimate of drug-likeness (QED) is 0.570. The Labute approximate surface area is 84.3 Å². The standard InChI is InChI=1S/C12H14FN/c1-3-4-7-14-9-11-5-6-12(13)10(2)8-11/h5-6,8,14H,7,9H2,1-2H3. The van der Waals surface area contributed by atoms with Gasteiger partial charge in [0.1, 0.15) is 5.82 Å². The minimum absolute atomic E-state index is 0.151. The van der Waals surface area contributed by atoms with E-state index in [4.69, 9.17) is 0 Å². The van der Waals surface area contributed by atoms with Crippen LogP contribution in [-0.2, 0) is 6.54 Å². The molecule has 0 aromatic heterocycles. The molecule has 0 atom stereocenters. The molecule has 2 heteroatoms. The number of hydrogen-bond donors (Lipinski definition) is 1. The van der Waals surface area contributed by atoms with Gasteiger partial charge in [0.2, 0.25) is 0 Å². The second-order valence-electron chi connectivity index (χ2n) is 3.11. The Hall–Kier alpha value is -1.33. The van der Waals surface area contributed by atoms with Crippen molar-refractivity contribution < 1.29 is 4.39 Å². The van der Waals surface area contributed by atoms with Crippen molar-refractivity contribution in [1.29, 1.82) is 0 Å². The molecule has 0 unspecified atom stereocenters. The Morgan fingerprint density at radius 1 is 1.43 bits per heavy atom. The summed E-state index contributed by atoms with van der Waals surface area (Å²) in [6.45, 7) is 4.98. The van der Waals surface area contributed by atoms with E-state index in [2.05, 4.69) is 17.2 Å². The minimum Gasteiger partial charge on any atom is -0.302 e. The zero-order valence-electron chi connectivity index (χ0n) is 8.52. The van der Waals surface area contributed by atoms with Crippen LogP contribution in [0.5, 0.6) is 0 Å². The fourth-order valence-corrected chi connectivity index (χ4v) is 1.17. The second-order valence-corrected chi connectivity index (χ2v) is 3.11. The van der Waals surface area contributed by atoms with Crippen LogP contribution in [0, 0.1) is 24.6 Å². The van der Waals surface area contributed by atoms with Gasteiger partial charge in [-0.2, -0.15) is 0 Å². The van der Waals surface area contributed by atoms with E-state index >= 15 is 0 Å². The Balaban J connectivity index is 2.50. The maximum Gasteiger partial charge on any atom is 0.126 e. The number of aryl methyl sites for hydroxylation is 1. The van der Waals surface area contributed by atoms with Crippen LogP contribution in [0.15, 0.2) is 18.2 Å². The van der Waals surface area contributed by atoms with Crippen molar-refractivity contribution in [3.05, 3.63) is 35.1 Å². The lowest BCUT2D eigenvalue weighted by molar-refractivity contribution is 0.616. The molecule has 1 aromatic carbocycles. The smallest absolute Gasteiger partial charge is 0.126 e. The minimum atomic E-state index is -0.151. The lowest BCUT2D eigenvalue weighted by Gasteiger charge is -2.03. The van der Waals surface area contributed by atoms with Crippen molar-refractivity contribution in [3.8, 4) is 11.8 Å². The van der Waals surface area contributed by atoms with Crippen molar-refractivity contribution in [2.45, 2.75) is 20.4 Å². The van der Waals surface area contributed by atoms with Crippen molar-refractivity contribution >= 4 is 0 Å². The van der Waals surface area contributed by atoms with Crippen LogP contribution in [-0.4, -0.2) is 6.54 Å². The third-order valence-corrected chi connectivity index (χ3v) is 1.94. The molecular weight excluding hydrogens is 177 g/mol. The first-order valence-corrected chi connectivity index (χ1v) is 4.59. The molecule has 1 nitrogen and oxygen atoms in total. The number of nitrogens with one attached hydrogen (secondary N) is 1. The normalized spacial score (nSPS) is 9.36. The Kier molecular flexibility index (Phi) is 4.15. The van der Waals surface area contributed by atoms with Crippen LogP contribution in [0.1, 0.15) is 18.1 Å². The molecule has 0 fully saturated rings. The molecule has 14 heavy (non-hydrogen) atoms. The van der Waals surface area contributed by atoms with Crippen molar-refractivity contribution in [1.82, 2.24) is 5.32 Å². The summed E-state index contributed by atoms with van der Waals surface area (Å²) in [5.74, 6) is 5.56. The van der Waals surface area contributed by atoms with E-state index in [1.165, 1.54) is 6.07 Å². The molecule has 0 saturated heterocycles. The molecule has 0 bridgehead atoms. The van der Waals surface area contributed by atoms with Gasteiger partial charge in [-0.25, -0.2) is 4.39 Å². The summed E-state index contributed by atoms with van der Waals surface area (Å²) in [6, 6.07) is 5.13. The molecule has 0 amide bonds. The summed E-state index contributed by atoms with van der Waals surface area (Å²) in [5, 5.41) is 3.15. The molecule has 1 N–H and O–H groups in total. The largest absolute Gasteiger partial charge is 0.302 e. The molecule has 0 aliphatic carbocycles. The first-order valence-electron chi connectivity index (χ1n) is 4.59. The van der Waals surface area contributed by atoms with E-state index in [0.29, 0.717) is 12.1 Å². The highest BCUT2D eigenvalue weighted by Crippen LogP contribution is 2.08. The Morgan fingerprint density at radius 2 is 2.21 bits per heavy atom. The average molecular weight is 191 g/mol. The van der Waals surface area contributed by atoms with Crippen molar-refractivity contribution in [3.63, 3.8) is 0 Å². The highest BCUT2D eigenvalue weighted by Gasteiger charge is 1.97. The van der Waals surface area contributed by atoms with E-state index in [-0.39, 0.29) is 5.82 Å². The molecule has 0 heterocycles. The third-order valence-electron chi connectivity index (χ3n) is 1.94. The van der Waals surface area contributed by atoms with Gasteiger partial charge in [-0.1, -0.05) is 18.1 Å². The molecule has 74 valence electrons. The molecule has 1 rings (SSSR count). The predicted octanol–water partition coefficient (Wildman–Crippen LogP) is 2.25. The fraction of sp³-hybridized carbons (Fsp3) is 0.333. The van der Waals surface area contributed by atoms with Gasteiger partial charge < -0.3 is 5.32 Å². The van der Waals surface area contributed by atoms with Crippen molar-refractivity contribution in [2.24, 2.45) is 0 Å². The molecule has 0 radical (unpaired) electrons. The summed E-state index contributed by atoms with van der Waals surface area (Å²) < 4.78 is 12.9. The molecule has 0 saturated carbocycles. The summed E-state index contributed by atoms with van der Waals surface area (Å²) in [7, 11) is 0. The first kappa shape index (κ1) is 10.7. The third kappa shape index (κ3) is 3.20. The maximum atomic E-state index is 12.9. The maximum absolute atomic E-state index is 12.9. The van der Waals surface area contributed by atoms with Crippen LogP contribution in [0.4, 0.5) is 4.39 Å². The van der Waals surface area contributed by atoms with Gasteiger partial charge in [-0.3, -0.25) is 0 Å². The topological polar surface area (TPSA) is 12.0 Å². The summed E-state index contributed by atoms with van der Waals surface area (Å²) in [4.78, 5) is 0. The van der Waals surface area contributed by atoms with Gasteiger partial charge in [0.15, 0.2) is 0 Å². The van der Waals surface area contributed by atoms with E-state index in [9.17, 15) is 4.39 Å². The van der Waals surface area contributed by atoms with Crippen LogP contribution < -0.4 is 5.32 Å². The average Bonchev–Trinajstić information content (AvgIpc) is 2.18. The fourth-order valence-electron chi connectivity index (χ4n) is 1.17. The zero-order valence-corrected chi connectivity index (χ0v) is 8.52. The number of halogens is 1. The van der Waals surface area contributed by atoms with Gasteiger partial charge >= 0.3 is 0 Å². The number of benzene rings is 1. The van der Waals surface area contributed by atoms with Crippen LogP contribution in [0.2, 0.25) is 0 Å². The van der Waals surface area contributed by atoms with Crippen LogP contribution in [0.3, 0.4) is 0 Å². The van der Waals surface area contributed by atoms with E-state index in [1.54, 1.807) is 13.0 Å². The van der Waals surface area contributed by atoms with Crippen molar-refractivity contribution in [2.75, 3.05) is 6.54 Å². The monoisotopic (exact) mass is 191 g/mol. The van der Waals surface area contributed by atoms with Crippen LogP contribution in [0.25, 0.3) is 0 Å². The predicted molar refractivity (Wildman–Crippen MR) is 56.3 cm³/mol. The van der Waals surface area contributed by atoms with Gasteiger partial charge in [-0.15, -0.1) is 5.92 Å². The van der Waals surface area contributed by atoms with Gasteiger partial charge in [0, 0.05) is 6.54 Å². The highest BCUT2D eigenvalue weighted by atomic mass is 19.1. The Bertz CT molecular complexity index is 360. The number of rotatable bonds is 3. The van der Waals surface area contributed by atoms with E-state index < -0.39 is 0 Å². The molecule has 0 spiro atoms. The Morgan fingerprint density at radius 3 is 2.86 bits per heavy atom. The van der Waals surface area contributed by atoms with Gasteiger partial charge in [-0.05, 0) is 31.0 Å². The zero-order chi connectivity index (χ0) is 10.4. The lowest BCUT2D eigenvalue weighted by Crippen LogP contribution is -2.13. The lowest BCUT2D eigenvalue weighted by atomic mass is 10.1. The highest BCUT2D eigenvalue weighted by molar-refractivity contribution is 5.23. The first-order chi connectivity index (χ1) is 6.74. The summed E-state index contributed by atoms with van der Waals surface area (Å²) in [6.07, 6.45) is 0. The molecule has 0 aliphatic rings. The van der Waals surface area contributed by atoms with Gasteiger partial charge in [0.05, 0.1) is 6.54 Å². The SMILES string of the molecule is CC#CCNCc1ccc(F)c(C)c1. The van der Waals surface area contributed by atoms with E-state index in [0.717, 1.165) is 12.1 Å². The molecule has 0 aliphatic heterocycles. The second kappa shape index (κ2) is 5.41. The summed E-state index contributed by atoms with van der Waals surface area (Å²) in [5.41, 5.74) is 1.77. The summed E-state index contributed by atoms with van der Waals surface area (Å²) >= 11 is 0. The van der Waals surface area contributed by atoms with Crippen LogP contribution >= 0.6 is 0 Å². The van der Waals surface area contributed by atoms with Gasteiger partial charge in [0.25, 0.3) is 0 Å².